The third-order valence-corrected chi connectivity index (χ3v) is 4.19. The molecule has 1 saturated carbocycles. The zero-order chi connectivity index (χ0) is 14.4. The number of fused-ring (bicyclic) bond motifs is 1. The average Bonchev–Trinajstić information content (AvgIpc) is 3.08. The lowest BCUT2D eigenvalue weighted by Crippen LogP contribution is -2.34. The third kappa shape index (κ3) is 1.94. The molecule has 2 aromatic rings. The van der Waals surface area contributed by atoms with E-state index in [4.69, 9.17) is 9.47 Å². The number of phenolic OH excluding ortho intramolecular Hbond substituents is 1. The molecule has 0 bridgehead atoms. The molecule has 3 nitrogen and oxygen atoms in total. The predicted octanol–water partition coefficient (Wildman–Crippen LogP) is 4.24. The van der Waals surface area contributed by atoms with Gasteiger partial charge in [0.2, 0.25) is 0 Å². The molecule has 0 atom stereocenters. The third-order valence-electron chi connectivity index (χ3n) is 4.19. The molecule has 0 unspecified atom stereocenters. The highest BCUT2D eigenvalue weighted by Crippen LogP contribution is 2.50. The van der Waals surface area contributed by atoms with Crippen LogP contribution in [0, 0.1) is 5.82 Å². The summed E-state index contributed by atoms with van der Waals surface area (Å²) in [5, 5.41) is 9.32. The highest BCUT2D eigenvalue weighted by molar-refractivity contribution is 5.75. The quantitative estimate of drug-likeness (QED) is 0.852. The minimum Gasteiger partial charge on any atom is -0.505 e. The number of para-hydroxylation sites is 1. The Morgan fingerprint density at radius 2 is 1.86 bits per heavy atom. The van der Waals surface area contributed by atoms with Crippen molar-refractivity contribution in [3.05, 3.63) is 42.2 Å². The van der Waals surface area contributed by atoms with Crippen LogP contribution in [0.4, 0.5) is 4.39 Å². The van der Waals surface area contributed by atoms with Crippen molar-refractivity contribution < 1.29 is 19.0 Å². The first-order chi connectivity index (χ1) is 10.2. The van der Waals surface area contributed by atoms with Gasteiger partial charge in [0.15, 0.2) is 23.1 Å². The molecule has 2 aromatic carbocycles. The van der Waals surface area contributed by atoms with Gasteiger partial charge >= 0.3 is 0 Å². The Kier molecular flexibility index (Phi) is 2.61. The maximum atomic E-state index is 13.6. The van der Waals surface area contributed by atoms with Crippen LogP contribution in [-0.4, -0.2) is 10.9 Å². The monoisotopic (exact) mass is 286 g/mol. The standard InChI is InChI=1S/C17H15FO3/c18-13-10-11(6-7-14(13)19)12-4-3-5-15-16(12)21-17(20-15)8-1-2-9-17/h3-7,10,19H,1-2,8-9H2. The number of aromatic hydroxyl groups is 1. The van der Waals surface area contributed by atoms with Gasteiger partial charge in [0, 0.05) is 18.4 Å². The molecule has 1 N–H and O–H groups in total. The number of hydrogen-bond acceptors (Lipinski definition) is 3. The van der Waals surface area contributed by atoms with Gasteiger partial charge in [-0.3, -0.25) is 0 Å². The van der Waals surface area contributed by atoms with Crippen molar-refractivity contribution in [2.75, 3.05) is 0 Å². The van der Waals surface area contributed by atoms with E-state index in [1.165, 1.54) is 12.1 Å². The van der Waals surface area contributed by atoms with E-state index in [2.05, 4.69) is 0 Å². The highest BCUT2D eigenvalue weighted by atomic mass is 19.1. The number of ether oxygens (including phenoxy) is 2. The number of hydrogen-bond donors (Lipinski definition) is 1. The Labute approximate surface area is 121 Å². The van der Waals surface area contributed by atoms with Gasteiger partial charge in [0.25, 0.3) is 5.79 Å². The molecular weight excluding hydrogens is 271 g/mol. The summed E-state index contributed by atoms with van der Waals surface area (Å²) in [5.74, 6) is -0.142. The lowest BCUT2D eigenvalue weighted by atomic mass is 10.0. The molecule has 0 amide bonds. The maximum absolute atomic E-state index is 13.6. The van der Waals surface area contributed by atoms with E-state index in [0.29, 0.717) is 17.1 Å². The van der Waals surface area contributed by atoms with Crippen LogP contribution in [0.1, 0.15) is 25.7 Å². The Balaban J connectivity index is 1.79. The molecule has 0 saturated heterocycles. The normalized spacial score (nSPS) is 18.3. The van der Waals surface area contributed by atoms with Crippen LogP contribution in [0.25, 0.3) is 11.1 Å². The van der Waals surface area contributed by atoms with Crippen molar-refractivity contribution in [2.45, 2.75) is 31.5 Å². The fourth-order valence-corrected chi connectivity index (χ4v) is 3.13. The molecule has 0 radical (unpaired) electrons. The van der Waals surface area contributed by atoms with Crippen molar-refractivity contribution >= 4 is 0 Å². The summed E-state index contributed by atoms with van der Waals surface area (Å²) < 4.78 is 25.7. The molecule has 4 rings (SSSR count). The van der Waals surface area contributed by atoms with Gasteiger partial charge in [-0.25, -0.2) is 4.39 Å². The summed E-state index contributed by atoms with van der Waals surface area (Å²) in [5.41, 5.74) is 1.45. The van der Waals surface area contributed by atoms with Crippen molar-refractivity contribution in [1.29, 1.82) is 0 Å². The van der Waals surface area contributed by atoms with E-state index in [1.807, 2.05) is 18.2 Å². The smallest absolute Gasteiger partial charge is 0.251 e. The van der Waals surface area contributed by atoms with E-state index in [1.54, 1.807) is 6.07 Å². The van der Waals surface area contributed by atoms with Crippen LogP contribution < -0.4 is 9.47 Å². The topological polar surface area (TPSA) is 38.7 Å². The van der Waals surface area contributed by atoms with E-state index in [-0.39, 0.29) is 5.75 Å². The van der Waals surface area contributed by atoms with Gasteiger partial charge in [-0.2, -0.15) is 0 Å². The van der Waals surface area contributed by atoms with Crippen LogP contribution in [0.15, 0.2) is 36.4 Å². The summed E-state index contributed by atoms with van der Waals surface area (Å²) in [6, 6.07) is 9.97. The zero-order valence-corrected chi connectivity index (χ0v) is 11.4. The molecule has 1 fully saturated rings. The number of halogens is 1. The van der Waals surface area contributed by atoms with Gasteiger partial charge in [0.1, 0.15) is 0 Å². The van der Waals surface area contributed by atoms with Crippen molar-refractivity contribution in [3.8, 4) is 28.4 Å². The average molecular weight is 286 g/mol. The molecule has 1 spiro atoms. The first-order valence-corrected chi connectivity index (χ1v) is 7.17. The van der Waals surface area contributed by atoms with E-state index in [0.717, 1.165) is 31.2 Å². The summed E-state index contributed by atoms with van der Waals surface area (Å²) in [7, 11) is 0. The second kappa shape index (κ2) is 4.38. The Bertz CT molecular complexity index is 705. The summed E-state index contributed by atoms with van der Waals surface area (Å²) in [6.07, 6.45) is 3.95. The lowest BCUT2D eigenvalue weighted by molar-refractivity contribution is -0.0714. The van der Waals surface area contributed by atoms with Crippen LogP contribution in [0.5, 0.6) is 17.2 Å². The van der Waals surface area contributed by atoms with Crippen LogP contribution in [0.3, 0.4) is 0 Å². The molecule has 4 heteroatoms. The van der Waals surface area contributed by atoms with Crippen molar-refractivity contribution in [3.63, 3.8) is 0 Å². The number of phenols is 1. The Hall–Kier alpha value is -2.23. The summed E-state index contributed by atoms with van der Waals surface area (Å²) in [6.45, 7) is 0. The molecule has 2 aliphatic rings. The number of rotatable bonds is 1. The maximum Gasteiger partial charge on any atom is 0.251 e. The first kappa shape index (κ1) is 12.5. The molecular formula is C17H15FO3. The van der Waals surface area contributed by atoms with Crippen LogP contribution in [0.2, 0.25) is 0 Å². The van der Waals surface area contributed by atoms with Gasteiger partial charge in [0.05, 0.1) is 0 Å². The van der Waals surface area contributed by atoms with E-state index < -0.39 is 11.6 Å². The Morgan fingerprint density at radius 3 is 2.62 bits per heavy atom. The van der Waals surface area contributed by atoms with E-state index >= 15 is 0 Å². The van der Waals surface area contributed by atoms with E-state index in [9.17, 15) is 9.50 Å². The SMILES string of the molecule is Oc1ccc(-c2cccc3c2OC2(CCCC2)O3)cc1F. The van der Waals surface area contributed by atoms with Crippen molar-refractivity contribution in [1.82, 2.24) is 0 Å². The summed E-state index contributed by atoms with van der Waals surface area (Å²) in [4.78, 5) is 0. The van der Waals surface area contributed by atoms with Gasteiger partial charge in [-0.15, -0.1) is 0 Å². The van der Waals surface area contributed by atoms with Gasteiger partial charge in [-0.1, -0.05) is 18.2 Å². The Morgan fingerprint density at radius 1 is 1.05 bits per heavy atom. The largest absolute Gasteiger partial charge is 0.505 e. The van der Waals surface area contributed by atoms with Crippen LogP contribution in [-0.2, 0) is 0 Å². The fourth-order valence-electron chi connectivity index (χ4n) is 3.13. The minimum absolute atomic E-state index is 0.351. The molecule has 1 aliphatic heterocycles. The minimum atomic E-state index is -0.639. The zero-order valence-electron chi connectivity index (χ0n) is 11.4. The lowest BCUT2D eigenvalue weighted by Gasteiger charge is -2.21. The second-order valence-corrected chi connectivity index (χ2v) is 5.62. The van der Waals surface area contributed by atoms with Gasteiger partial charge in [-0.05, 0) is 36.6 Å². The molecule has 0 aromatic heterocycles. The van der Waals surface area contributed by atoms with Crippen molar-refractivity contribution in [2.24, 2.45) is 0 Å². The second-order valence-electron chi connectivity index (χ2n) is 5.62. The first-order valence-electron chi connectivity index (χ1n) is 7.17. The van der Waals surface area contributed by atoms with Crippen LogP contribution >= 0.6 is 0 Å². The molecule has 1 aliphatic carbocycles. The number of benzene rings is 2. The molecule has 21 heavy (non-hydrogen) atoms. The molecule has 1 heterocycles. The predicted molar refractivity (Wildman–Crippen MR) is 76.0 cm³/mol. The highest BCUT2D eigenvalue weighted by Gasteiger charge is 2.44. The molecule has 108 valence electrons. The fraction of sp³-hybridized carbons (Fsp3) is 0.294. The summed E-state index contributed by atoms with van der Waals surface area (Å²) >= 11 is 0. The van der Waals surface area contributed by atoms with Gasteiger partial charge < -0.3 is 14.6 Å².